The number of rotatable bonds is 6. The molecule has 6 rings (SSSR count). The van der Waals surface area contributed by atoms with Gasteiger partial charge in [-0.2, -0.15) is 0 Å². The summed E-state index contributed by atoms with van der Waals surface area (Å²) in [6, 6.07) is 26.9. The summed E-state index contributed by atoms with van der Waals surface area (Å²) in [6.07, 6.45) is 4.32. The zero-order valence-corrected chi connectivity index (χ0v) is 22.1. The number of nitrogens with zero attached hydrogens (tertiary/aromatic N) is 3. The van der Waals surface area contributed by atoms with E-state index in [1.165, 1.54) is 22.9 Å². The van der Waals surface area contributed by atoms with E-state index in [4.69, 9.17) is 0 Å². The minimum Gasteiger partial charge on any atom is -0.295 e. The van der Waals surface area contributed by atoms with Gasteiger partial charge in [0.05, 0.1) is 18.1 Å². The maximum Gasteiger partial charge on any atom is 0.269 e. The Kier molecular flexibility index (Phi) is 6.55. The van der Waals surface area contributed by atoms with E-state index < -0.39 is 4.87 Å². The van der Waals surface area contributed by atoms with Crippen LogP contribution in [-0.4, -0.2) is 42.2 Å². The molecule has 0 radical (unpaired) electrons. The Balaban J connectivity index is 1.23. The van der Waals surface area contributed by atoms with Crippen LogP contribution in [0.25, 0.3) is 0 Å². The lowest BCUT2D eigenvalue weighted by molar-refractivity contribution is -0.124. The van der Waals surface area contributed by atoms with Crippen molar-refractivity contribution in [3.05, 3.63) is 95.6 Å². The van der Waals surface area contributed by atoms with Crippen LogP contribution in [0.2, 0.25) is 0 Å². The van der Waals surface area contributed by atoms with Crippen LogP contribution in [-0.2, 0) is 27.3 Å². The molecule has 3 aliphatic heterocycles. The number of fused-ring (bicyclic) bond motifs is 2. The Morgan fingerprint density at radius 3 is 2.30 bits per heavy atom. The van der Waals surface area contributed by atoms with Crippen LogP contribution < -0.4 is 9.80 Å². The molecule has 3 aromatic carbocycles. The van der Waals surface area contributed by atoms with Gasteiger partial charge in [-0.25, -0.2) is 0 Å². The first-order valence-corrected chi connectivity index (χ1v) is 14.3. The highest BCUT2D eigenvalue weighted by atomic mass is 32.2. The third-order valence-electron chi connectivity index (χ3n) is 8.08. The maximum atomic E-state index is 14.3. The summed E-state index contributed by atoms with van der Waals surface area (Å²) < 4.78 is 0. The molecule has 190 valence electrons. The Bertz CT molecular complexity index is 1290. The molecule has 2 amide bonds. The van der Waals surface area contributed by atoms with Gasteiger partial charge in [0.2, 0.25) is 10.8 Å². The van der Waals surface area contributed by atoms with Crippen molar-refractivity contribution < 1.29 is 9.59 Å². The topological polar surface area (TPSA) is 43.9 Å². The highest BCUT2D eigenvalue weighted by Crippen LogP contribution is 2.55. The van der Waals surface area contributed by atoms with Crippen molar-refractivity contribution in [2.75, 3.05) is 35.3 Å². The van der Waals surface area contributed by atoms with Crippen LogP contribution in [0.15, 0.2) is 78.9 Å². The van der Waals surface area contributed by atoms with Crippen molar-refractivity contribution in [2.45, 2.75) is 37.5 Å². The summed E-state index contributed by atoms with van der Waals surface area (Å²) >= 11 is 1.46. The second kappa shape index (κ2) is 9.99. The lowest BCUT2D eigenvalue weighted by Gasteiger charge is -2.36. The predicted octanol–water partition coefficient (Wildman–Crippen LogP) is 5.44. The molecule has 37 heavy (non-hydrogen) atoms. The van der Waals surface area contributed by atoms with Crippen molar-refractivity contribution in [1.82, 2.24) is 4.90 Å². The van der Waals surface area contributed by atoms with Crippen molar-refractivity contribution in [3.8, 4) is 0 Å². The largest absolute Gasteiger partial charge is 0.295 e. The maximum absolute atomic E-state index is 14.3. The summed E-state index contributed by atoms with van der Waals surface area (Å²) in [5, 5.41) is 0. The van der Waals surface area contributed by atoms with Gasteiger partial charge in [0.25, 0.3) is 5.91 Å². The van der Waals surface area contributed by atoms with Gasteiger partial charge in [0.1, 0.15) is 0 Å². The number of carbonyl (C=O) groups excluding carboxylic acids is 2. The molecule has 3 heterocycles. The molecule has 1 atom stereocenters. The molecular formula is C31H33N3O2S. The first kappa shape index (κ1) is 24.3. The monoisotopic (exact) mass is 511 g/mol. The zero-order chi connectivity index (χ0) is 25.4. The number of para-hydroxylation sites is 1. The van der Waals surface area contributed by atoms with Crippen molar-refractivity contribution >= 4 is 35.0 Å². The number of thioether (sulfide) groups is 1. The molecule has 3 aromatic rings. The summed E-state index contributed by atoms with van der Waals surface area (Å²) in [5.41, 5.74) is 5.26. The van der Waals surface area contributed by atoms with Crippen molar-refractivity contribution in [3.63, 3.8) is 0 Å². The van der Waals surface area contributed by atoms with E-state index in [0.29, 0.717) is 18.3 Å². The molecule has 0 N–H and O–H groups in total. The van der Waals surface area contributed by atoms with Crippen molar-refractivity contribution in [1.29, 1.82) is 0 Å². The number of anilines is 2. The molecule has 1 spiro atoms. The highest BCUT2D eigenvalue weighted by molar-refractivity contribution is 8.02. The Labute approximate surface area is 223 Å². The van der Waals surface area contributed by atoms with Crippen LogP contribution >= 0.6 is 11.8 Å². The van der Waals surface area contributed by atoms with E-state index in [1.807, 2.05) is 41.3 Å². The number of benzene rings is 3. The second-order valence-corrected chi connectivity index (χ2v) is 11.5. The third-order valence-corrected chi connectivity index (χ3v) is 9.47. The van der Waals surface area contributed by atoms with Crippen LogP contribution in [0.1, 0.15) is 36.5 Å². The fraction of sp³-hybridized carbons (Fsp3) is 0.355. The summed E-state index contributed by atoms with van der Waals surface area (Å²) in [7, 11) is 0. The lowest BCUT2D eigenvalue weighted by Crippen LogP contribution is -2.52. The number of amides is 2. The summed E-state index contributed by atoms with van der Waals surface area (Å²) in [6.45, 7) is 4.63. The molecule has 0 aromatic heterocycles. The molecule has 0 bridgehead atoms. The van der Waals surface area contributed by atoms with Crippen molar-refractivity contribution in [2.24, 2.45) is 5.92 Å². The summed E-state index contributed by atoms with van der Waals surface area (Å²) in [5.74, 6) is 0.960. The number of hydrogen-bond acceptors (Lipinski definition) is 4. The molecule has 0 aliphatic carbocycles. The number of carbonyl (C=O) groups is 2. The minimum atomic E-state index is -1.03. The van der Waals surface area contributed by atoms with Gasteiger partial charge in [-0.15, -0.1) is 11.8 Å². The number of hydrogen-bond donors (Lipinski definition) is 0. The number of piperidine rings is 1. The molecule has 5 nitrogen and oxygen atoms in total. The van der Waals surface area contributed by atoms with E-state index >= 15 is 0 Å². The second-order valence-electron chi connectivity index (χ2n) is 10.3. The average molecular weight is 512 g/mol. The Morgan fingerprint density at radius 2 is 1.57 bits per heavy atom. The third kappa shape index (κ3) is 4.26. The van der Waals surface area contributed by atoms with E-state index in [0.717, 1.165) is 55.7 Å². The van der Waals surface area contributed by atoms with Crippen LogP contribution in [0, 0.1) is 5.92 Å². The molecular weight excluding hydrogens is 478 g/mol. The van der Waals surface area contributed by atoms with E-state index in [-0.39, 0.29) is 11.8 Å². The standard InChI is InChI=1S/C31H33N3O2S/c1-2-23-12-14-26(15-13-23)34-29(35)21-37-31(34)27-10-6-7-11-28(27)33(30(31)36)22-32-18-16-25(17-19-32)20-24-8-4-3-5-9-24/h3-15,25H,2,16-22H2,1H3/t31-/m0/s1. The minimum absolute atomic E-state index is 0.00414. The molecule has 0 saturated carbocycles. The molecule has 2 saturated heterocycles. The van der Waals surface area contributed by atoms with Gasteiger partial charge < -0.3 is 0 Å². The Hall–Kier alpha value is -3.09. The van der Waals surface area contributed by atoms with Crippen LogP contribution in [0.4, 0.5) is 11.4 Å². The summed E-state index contributed by atoms with van der Waals surface area (Å²) in [4.78, 5) is 32.6. The molecule has 3 aliphatic rings. The zero-order valence-electron chi connectivity index (χ0n) is 21.3. The van der Waals surface area contributed by atoms with Gasteiger partial charge >= 0.3 is 0 Å². The molecule has 6 heteroatoms. The van der Waals surface area contributed by atoms with Crippen LogP contribution in [0.3, 0.4) is 0 Å². The van der Waals surface area contributed by atoms with Gasteiger partial charge in [0, 0.05) is 24.3 Å². The molecule has 0 unspecified atom stereocenters. The van der Waals surface area contributed by atoms with Gasteiger partial charge in [-0.05, 0) is 60.9 Å². The average Bonchev–Trinajstić information content (AvgIpc) is 3.41. The van der Waals surface area contributed by atoms with Gasteiger partial charge in [0.15, 0.2) is 0 Å². The first-order valence-electron chi connectivity index (χ1n) is 13.3. The lowest BCUT2D eigenvalue weighted by atomic mass is 9.90. The normalized spacial score (nSPS) is 22.3. The smallest absolute Gasteiger partial charge is 0.269 e. The SMILES string of the molecule is CCc1ccc(N2C(=O)CS[C@@]23C(=O)N(CN2CCC(Cc4ccccc4)CC2)c2ccccc23)cc1. The first-order chi connectivity index (χ1) is 18.1. The highest BCUT2D eigenvalue weighted by Gasteiger charge is 2.61. The fourth-order valence-electron chi connectivity index (χ4n) is 6.06. The van der Waals surface area contributed by atoms with Gasteiger partial charge in [-0.3, -0.25) is 24.3 Å². The van der Waals surface area contributed by atoms with E-state index in [2.05, 4.69) is 54.3 Å². The quantitative estimate of drug-likeness (QED) is 0.442. The van der Waals surface area contributed by atoms with Gasteiger partial charge in [-0.1, -0.05) is 67.6 Å². The van der Waals surface area contributed by atoms with Crippen LogP contribution in [0.5, 0.6) is 0 Å². The number of likely N-dealkylation sites (tertiary alicyclic amines) is 1. The van der Waals surface area contributed by atoms with E-state index in [9.17, 15) is 9.59 Å². The van der Waals surface area contributed by atoms with E-state index in [1.54, 1.807) is 4.90 Å². The fourth-order valence-corrected chi connectivity index (χ4v) is 7.42. The molecule has 2 fully saturated rings. The number of aryl methyl sites for hydroxylation is 1. The predicted molar refractivity (Wildman–Crippen MR) is 151 cm³/mol. The Morgan fingerprint density at radius 1 is 0.865 bits per heavy atom.